The van der Waals surface area contributed by atoms with Crippen LogP contribution < -0.4 is 5.32 Å². The molecular formula is C35H43N5O8. The molecular weight excluding hydrogens is 618 g/mol. The maximum Gasteiger partial charge on any atom is 0.410 e. The molecule has 256 valence electrons. The Morgan fingerprint density at radius 1 is 0.896 bits per heavy atom. The summed E-state index contributed by atoms with van der Waals surface area (Å²) in [5, 5.41) is 22.1. The van der Waals surface area contributed by atoms with Crippen LogP contribution in [0.2, 0.25) is 0 Å². The third-order valence-corrected chi connectivity index (χ3v) is 10.4. The highest BCUT2D eigenvalue weighted by Gasteiger charge is 2.41. The highest BCUT2D eigenvalue weighted by Crippen LogP contribution is 2.32. The summed E-state index contributed by atoms with van der Waals surface area (Å²) >= 11 is 0. The predicted molar refractivity (Wildman–Crippen MR) is 174 cm³/mol. The number of urea groups is 1. The molecule has 5 amide bonds. The van der Waals surface area contributed by atoms with Gasteiger partial charge in [0.2, 0.25) is 0 Å². The van der Waals surface area contributed by atoms with E-state index < -0.39 is 24.1 Å². The van der Waals surface area contributed by atoms with Crippen LogP contribution in [0.3, 0.4) is 0 Å². The van der Waals surface area contributed by atoms with E-state index in [2.05, 4.69) is 5.32 Å². The Balaban J connectivity index is 1.08. The quantitative estimate of drug-likeness (QED) is 0.399. The standard InChI is InChI=1S/C35H43N5O8/c1-22-18-23(6-7-29(22)41)19-30(31(42)38-13-8-25(20-38)26-9-14-39(21-26)32(43)33(44)45)48-35(47)37-15-11-27(12-16-37)40-17-10-24-4-2-3-5-28(24)36-34(40)46/h2-7,18,25-27,30,41H,8-17,19-21H2,1H3,(H,36,46)(H,44,45). The molecule has 0 aliphatic carbocycles. The van der Waals surface area contributed by atoms with Gasteiger partial charge in [-0.3, -0.25) is 9.59 Å². The number of nitrogens with zero attached hydrogens (tertiary/aromatic N) is 4. The number of benzene rings is 2. The number of phenolic OH excluding ortho intramolecular Hbond substituents is 1. The minimum Gasteiger partial charge on any atom is -0.508 e. The molecule has 2 aromatic rings. The molecule has 0 aromatic heterocycles. The first kappa shape index (κ1) is 33.1. The first-order valence-electron chi connectivity index (χ1n) is 16.8. The summed E-state index contributed by atoms with van der Waals surface area (Å²) < 4.78 is 5.96. The van der Waals surface area contributed by atoms with Crippen molar-refractivity contribution in [2.24, 2.45) is 11.8 Å². The van der Waals surface area contributed by atoms with Gasteiger partial charge in [-0.2, -0.15) is 0 Å². The normalized spacial score (nSPS) is 22.1. The minimum atomic E-state index is -1.46. The number of aryl methyl sites for hydroxylation is 1. The highest BCUT2D eigenvalue weighted by atomic mass is 16.6. The Bertz CT molecular complexity index is 1570. The van der Waals surface area contributed by atoms with Crippen molar-refractivity contribution in [3.8, 4) is 5.75 Å². The Morgan fingerprint density at radius 3 is 2.27 bits per heavy atom. The summed E-state index contributed by atoms with van der Waals surface area (Å²) in [6.45, 7) is 4.78. The van der Waals surface area contributed by atoms with Crippen LogP contribution in [0.15, 0.2) is 42.5 Å². The maximum absolute atomic E-state index is 14.0. The number of ether oxygens (including phenoxy) is 1. The number of para-hydroxylation sites is 1. The number of hydrogen-bond donors (Lipinski definition) is 3. The number of nitrogens with one attached hydrogen (secondary N) is 1. The molecule has 0 spiro atoms. The van der Waals surface area contributed by atoms with Crippen LogP contribution in [0.25, 0.3) is 0 Å². The van der Waals surface area contributed by atoms with Crippen molar-refractivity contribution in [1.82, 2.24) is 19.6 Å². The van der Waals surface area contributed by atoms with Crippen molar-refractivity contribution >= 4 is 35.6 Å². The van der Waals surface area contributed by atoms with Crippen LogP contribution in [0.1, 0.15) is 42.4 Å². The molecule has 3 saturated heterocycles. The molecule has 4 aliphatic heterocycles. The van der Waals surface area contributed by atoms with Gasteiger partial charge < -0.3 is 39.9 Å². The van der Waals surface area contributed by atoms with Crippen LogP contribution in [0.5, 0.6) is 5.75 Å². The number of anilines is 1. The van der Waals surface area contributed by atoms with Crippen LogP contribution in [0, 0.1) is 18.8 Å². The zero-order chi connectivity index (χ0) is 33.9. The van der Waals surface area contributed by atoms with Crippen LogP contribution >= 0.6 is 0 Å². The Hall–Kier alpha value is -4.81. The zero-order valence-electron chi connectivity index (χ0n) is 27.2. The topological polar surface area (TPSA) is 160 Å². The Kier molecular flexibility index (Phi) is 9.74. The molecule has 0 bridgehead atoms. The van der Waals surface area contributed by atoms with E-state index in [-0.39, 0.29) is 42.0 Å². The van der Waals surface area contributed by atoms with E-state index in [0.29, 0.717) is 77.1 Å². The number of carboxylic acid groups (broad SMARTS) is 1. The summed E-state index contributed by atoms with van der Waals surface area (Å²) in [6.07, 6.45) is 1.80. The van der Waals surface area contributed by atoms with Crippen molar-refractivity contribution in [3.63, 3.8) is 0 Å². The molecule has 48 heavy (non-hydrogen) atoms. The number of piperidine rings is 1. The monoisotopic (exact) mass is 661 g/mol. The number of aliphatic carboxylic acids is 1. The molecule has 4 heterocycles. The van der Waals surface area contributed by atoms with E-state index in [4.69, 9.17) is 9.84 Å². The molecule has 3 N–H and O–H groups in total. The second kappa shape index (κ2) is 14.1. The average molecular weight is 662 g/mol. The smallest absolute Gasteiger partial charge is 0.410 e. The van der Waals surface area contributed by atoms with Gasteiger partial charge in [-0.25, -0.2) is 14.4 Å². The summed E-state index contributed by atoms with van der Waals surface area (Å²) in [4.78, 5) is 70.2. The number of amides is 5. The number of carboxylic acids is 1. The van der Waals surface area contributed by atoms with Gasteiger partial charge in [0.15, 0.2) is 6.10 Å². The molecule has 0 radical (unpaired) electrons. The predicted octanol–water partition coefficient (Wildman–Crippen LogP) is 3.08. The summed E-state index contributed by atoms with van der Waals surface area (Å²) in [6, 6.07) is 12.7. The first-order valence-corrected chi connectivity index (χ1v) is 16.8. The van der Waals surface area contributed by atoms with Gasteiger partial charge in [-0.05, 0) is 79.7 Å². The van der Waals surface area contributed by atoms with E-state index in [0.717, 1.165) is 23.2 Å². The van der Waals surface area contributed by atoms with Gasteiger partial charge in [-0.1, -0.05) is 30.3 Å². The number of likely N-dealkylation sites (tertiary alicyclic amines) is 3. The third kappa shape index (κ3) is 7.19. The number of phenols is 1. The fourth-order valence-electron chi connectivity index (χ4n) is 7.60. The van der Waals surface area contributed by atoms with E-state index in [1.54, 1.807) is 34.9 Å². The molecule has 3 fully saturated rings. The van der Waals surface area contributed by atoms with E-state index in [1.165, 1.54) is 4.90 Å². The molecule has 0 saturated carbocycles. The lowest BCUT2D eigenvalue weighted by Gasteiger charge is -2.38. The highest BCUT2D eigenvalue weighted by molar-refractivity contribution is 6.31. The van der Waals surface area contributed by atoms with Crippen LogP contribution in [-0.2, 0) is 32.0 Å². The number of aromatic hydroxyl groups is 1. The van der Waals surface area contributed by atoms with Crippen LogP contribution in [-0.4, -0.2) is 118 Å². The summed E-state index contributed by atoms with van der Waals surface area (Å²) in [5.41, 5.74) is 3.32. The van der Waals surface area contributed by atoms with Crippen molar-refractivity contribution in [2.45, 2.75) is 57.6 Å². The fraction of sp³-hybridized carbons (Fsp3) is 0.514. The number of carbonyl (C=O) groups is 5. The number of hydrogen-bond acceptors (Lipinski definition) is 7. The van der Waals surface area contributed by atoms with Crippen molar-refractivity contribution in [1.29, 1.82) is 0 Å². The van der Waals surface area contributed by atoms with Crippen LogP contribution in [0.4, 0.5) is 15.3 Å². The molecule has 13 nitrogen and oxygen atoms in total. The molecule has 2 aromatic carbocycles. The lowest BCUT2D eigenvalue weighted by molar-refractivity contribution is -0.155. The largest absolute Gasteiger partial charge is 0.508 e. The lowest BCUT2D eigenvalue weighted by atomic mass is 9.91. The van der Waals surface area contributed by atoms with Gasteiger partial charge in [0, 0.05) is 64.0 Å². The summed E-state index contributed by atoms with van der Waals surface area (Å²) in [5.74, 6) is -2.33. The number of fused-ring (bicyclic) bond motifs is 1. The molecule has 6 rings (SSSR count). The second-order valence-electron chi connectivity index (χ2n) is 13.4. The van der Waals surface area contributed by atoms with Gasteiger partial charge in [0.25, 0.3) is 5.91 Å². The molecule has 3 atom stereocenters. The minimum absolute atomic E-state index is 0.0281. The van der Waals surface area contributed by atoms with E-state index in [1.807, 2.05) is 29.2 Å². The maximum atomic E-state index is 14.0. The first-order chi connectivity index (χ1) is 23.1. The van der Waals surface area contributed by atoms with Crippen molar-refractivity contribution < 1.29 is 38.9 Å². The van der Waals surface area contributed by atoms with E-state index >= 15 is 0 Å². The van der Waals surface area contributed by atoms with Crippen molar-refractivity contribution in [2.75, 3.05) is 51.1 Å². The number of rotatable bonds is 6. The van der Waals surface area contributed by atoms with Gasteiger partial charge in [0.1, 0.15) is 5.75 Å². The molecule has 4 aliphatic rings. The Labute approximate surface area is 279 Å². The zero-order valence-corrected chi connectivity index (χ0v) is 27.2. The second-order valence-corrected chi connectivity index (χ2v) is 13.4. The average Bonchev–Trinajstić information content (AvgIpc) is 3.74. The van der Waals surface area contributed by atoms with Gasteiger partial charge in [-0.15, -0.1) is 0 Å². The Morgan fingerprint density at radius 2 is 1.56 bits per heavy atom. The number of carbonyl (C=O) groups excluding carboxylic acids is 4. The fourth-order valence-corrected chi connectivity index (χ4v) is 7.60. The summed E-state index contributed by atoms with van der Waals surface area (Å²) in [7, 11) is 0. The van der Waals surface area contributed by atoms with E-state index in [9.17, 15) is 29.1 Å². The third-order valence-electron chi connectivity index (χ3n) is 10.4. The SMILES string of the molecule is Cc1cc(CC(OC(=O)N2CCC(N3CCc4ccccc4NC3=O)CC2)C(=O)N2CCC(C3CCN(C(=O)C(=O)O)C3)C2)ccc1O. The lowest BCUT2D eigenvalue weighted by Crippen LogP contribution is -2.51. The van der Waals surface area contributed by atoms with Crippen molar-refractivity contribution in [3.05, 3.63) is 59.2 Å². The molecule has 13 heteroatoms. The van der Waals surface area contributed by atoms with Gasteiger partial charge >= 0.3 is 24.0 Å². The molecule has 3 unspecified atom stereocenters. The van der Waals surface area contributed by atoms with Gasteiger partial charge in [0.05, 0.1) is 0 Å².